The van der Waals surface area contributed by atoms with Crippen molar-refractivity contribution >= 4 is 29.9 Å². The molecule has 0 fully saturated rings. The second kappa shape index (κ2) is 13.2. The Morgan fingerprint density at radius 2 is 2.12 bits per heavy atom. The Morgan fingerprint density at radius 3 is 2.88 bits per heavy atom. The quantitative estimate of drug-likeness (QED) is 0.247. The minimum Gasteiger partial charge on any atom is -0.493 e. The summed E-state index contributed by atoms with van der Waals surface area (Å²) in [6.45, 7) is 11.3. The van der Waals surface area contributed by atoms with Gasteiger partial charge in [-0.1, -0.05) is 32.0 Å². The van der Waals surface area contributed by atoms with E-state index in [1.807, 2.05) is 12.1 Å². The number of nitrogens with zero attached hydrogens (tertiary/aromatic N) is 1. The van der Waals surface area contributed by atoms with E-state index >= 15 is 0 Å². The Hall–Kier alpha value is -1.02. The predicted molar refractivity (Wildman–Crippen MR) is 119 cm³/mol. The minimum absolute atomic E-state index is 0. The van der Waals surface area contributed by atoms with Crippen LogP contribution in [0.5, 0.6) is 5.75 Å². The van der Waals surface area contributed by atoms with Crippen LogP contribution in [0.25, 0.3) is 0 Å². The Balaban J connectivity index is 0.00000338. The lowest BCUT2D eigenvalue weighted by Crippen LogP contribution is -2.38. The molecule has 1 aliphatic heterocycles. The fourth-order valence-electron chi connectivity index (χ4n) is 2.85. The molecule has 1 aromatic rings. The molecule has 0 saturated heterocycles. The zero-order valence-electron chi connectivity index (χ0n) is 16.3. The smallest absolute Gasteiger partial charge is 0.191 e. The highest BCUT2D eigenvalue weighted by atomic mass is 127. The van der Waals surface area contributed by atoms with E-state index in [4.69, 9.17) is 14.5 Å². The third-order valence-electron chi connectivity index (χ3n) is 4.11. The van der Waals surface area contributed by atoms with Gasteiger partial charge in [0, 0.05) is 38.8 Å². The van der Waals surface area contributed by atoms with E-state index in [9.17, 15) is 0 Å². The highest BCUT2D eigenvalue weighted by Crippen LogP contribution is 2.33. The first-order chi connectivity index (χ1) is 12.2. The van der Waals surface area contributed by atoms with Crippen molar-refractivity contribution in [3.8, 4) is 5.75 Å². The fraction of sp³-hybridized carbons (Fsp3) is 0.650. The maximum atomic E-state index is 5.73. The third kappa shape index (κ3) is 8.12. The molecular weight excluding hydrogens is 441 g/mol. The second-order valence-electron chi connectivity index (χ2n) is 6.84. The van der Waals surface area contributed by atoms with Crippen molar-refractivity contribution in [2.75, 3.05) is 39.5 Å². The average molecular weight is 475 g/mol. The lowest BCUT2D eigenvalue weighted by atomic mass is 9.93. The summed E-state index contributed by atoms with van der Waals surface area (Å²) >= 11 is 0. The van der Waals surface area contributed by atoms with Crippen LogP contribution >= 0.6 is 24.0 Å². The van der Waals surface area contributed by atoms with E-state index in [2.05, 4.69) is 43.5 Å². The molecule has 2 rings (SSSR count). The monoisotopic (exact) mass is 475 g/mol. The van der Waals surface area contributed by atoms with Crippen molar-refractivity contribution in [3.05, 3.63) is 29.8 Å². The fourth-order valence-corrected chi connectivity index (χ4v) is 2.85. The molecule has 26 heavy (non-hydrogen) atoms. The van der Waals surface area contributed by atoms with Crippen LogP contribution < -0.4 is 15.4 Å². The molecule has 0 radical (unpaired) electrons. The zero-order chi connectivity index (χ0) is 17.9. The first-order valence-electron chi connectivity index (χ1n) is 9.52. The van der Waals surface area contributed by atoms with Gasteiger partial charge in [0.1, 0.15) is 5.75 Å². The summed E-state index contributed by atoms with van der Waals surface area (Å²) in [5, 5.41) is 6.72. The van der Waals surface area contributed by atoms with E-state index in [1.165, 1.54) is 5.56 Å². The highest BCUT2D eigenvalue weighted by molar-refractivity contribution is 14.0. The van der Waals surface area contributed by atoms with Crippen molar-refractivity contribution in [1.29, 1.82) is 0 Å². The molecule has 0 bridgehead atoms. The Labute approximate surface area is 175 Å². The van der Waals surface area contributed by atoms with Gasteiger partial charge < -0.3 is 20.1 Å². The molecule has 1 atom stereocenters. The van der Waals surface area contributed by atoms with Crippen molar-refractivity contribution in [2.24, 2.45) is 10.9 Å². The van der Waals surface area contributed by atoms with Gasteiger partial charge in [0.15, 0.2) is 5.96 Å². The van der Waals surface area contributed by atoms with Crippen LogP contribution in [-0.2, 0) is 4.74 Å². The van der Waals surface area contributed by atoms with Crippen molar-refractivity contribution in [3.63, 3.8) is 0 Å². The number of hydrogen-bond acceptors (Lipinski definition) is 3. The molecule has 148 valence electrons. The molecule has 0 spiro atoms. The summed E-state index contributed by atoms with van der Waals surface area (Å²) in [5.74, 6) is 2.91. The number of benzene rings is 1. The maximum absolute atomic E-state index is 5.73. The Bertz CT molecular complexity index is 538. The standard InChI is InChI=1S/C20H33N3O2.HI/c1-4-21-20(22-11-7-12-24-15-16(2)3)23-14-17-10-13-25-19-9-6-5-8-18(17)19;/h5-6,8-9,16-17H,4,7,10-15H2,1-3H3,(H2,21,22,23);1H. The summed E-state index contributed by atoms with van der Waals surface area (Å²) in [4.78, 5) is 4.78. The summed E-state index contributed by atoms with van der Waals surface area (Å²) in [6.07, 6.45) is 2.00. The van der Waals surface area contributed by atoms with Gasteiger partial charge in [0.2, 0.25) is 0 Å². The molecule has 0 saturated carbocycles. The van der Waals surface area contributed by atoms with Crippen LogP contribution in [0.15, 0.2) is 29.3 Å². The molecule has 0 aromatic heterocycles. The normalized spacial score (nSPS) is 16.5. The molecule has 5 nitrogen and oxygen atoms in total. The zero-order valence-corrected chi connectivity index (χ0v) is 18.6. The van der Waals surface area contributed by atoms with E-state index in [0.29, 0.717) is 11.8 Å². The molecule has 0 amide bonds. The number of fused-ring (bicyclic) bond motifs is 1. The molecule has 0 aliphatic carbocycles. The first kappa shape index (κ1) is 23.0. The lowest BCUT2D eigenvalue weighted by Gasteiger charge is -2.25. The van der Waals surface area contributed by atoms with E-state index in [-0.39, 0.29) is 24.0 Å². The second-order valence-corrected chi connectivity index (χ2v) is 6.84. The van der Waals surface area contributed by atoms with Gasteiger partial charge >= 0.3 is 0 Å². The summed E-state index contributed by atoms with van der Waals surface area (Å²) in [5.41, 5.74) is 1.27. The van der Waals surface area contributed by atoms with Crippen LogP contribution in [-0.4, -0.2) is 45.4 Å². The number of nitrogens with one attached hydrogen (secondary N) is 2. The van der Waals surface area contributed by atoms with Gasteiger partial charge in [-0.3, -0.25) is 4.99 Å². The largest absolute Gasteiger partial charge is 0.493 e. The number of para-hydroxylation sites is 1. The van der Waals surface area contributed by atoms with Crippen molar-refractivity contribution < 1.29 is 9.47 Å². The predicted octanol–water partition coefficient (Wildman–Crippen LogP) is 3.79. The molecular formula is C20H34IN3O2. The lowest BCUT2D eigenvalue weighted by molar-refractivity contribution is 0.108. The number of halogens is 1. The highest BCUT2D eigenvalue weighted by Gasteiger charge is 2.20. The van der Waals surface area contributed by atoms with Crippen LogP contribution in [0.2, 0.25) is 0 Å². The number of aliphatic imine (C=N–C) groups is 1. The van der Waals surface area contributed by atoms with Crippen LogP contribution in [0, 0.1) is 5.92 Å². The van der Waals surface area contributed by atoms with Crippen LogP contribution in [0.3, 0.4) is 0 Å². The first-order valence-corrected chi connectivity index (χ1v) is 9.52. The van der Waals surface area contributed by atoms with Gasteiger partial charge in [-0.05, 0) is 37.3 Å². The Morgan fingerprint density at radius 1 is 1.31 bits per heavy atom. The van der Waals surface area contributed by atoms with E-state index in [1.54, 1.807) is 0 Å². The summed E-state index contributed by atoms with van der Waals surface area (Å²) in [7, 11) is 0. The number of ether oxygens (including phenoxy) is 2. The minimum atomic E-state index is 0. The molecule has 1 unspecified atom stereocenters. The maximum Gasteiger partial charge on any atom is 0.191 e. The van der Waals surface area contributed by atoms with Gasteiger partial charge in [0.25, 0.3) is 0 Å². The van der Waals surface area contributed by atoms with E-state index in [0.717, 1.165) is 64.0 Å². The SMILES string of the molecule is CCNC(=NCC1CCOc2ccccc21)NCCCOCC(C)C.I. The number of hydrogen-bond donors (Lipinski definition) is 2. The molecule has 1 heterocycles. The van der Waals surface area contributed by atoms with Crippen molar-refractivity contribution in [2.45, 2.75) is 39.5 Å². The molecule has 1 aliphatic rings. The van der Waals surface area contributed by atoms with Gasteiger partial charge in [-0.25, -0.2) is 0 Å². The molecule has 2 N–H and O–H groups in total. The molecule has 6 heteroatoms. The number of guanidine groups is 1. The van der Waals surface area contributed by atoms with Gasteiger partial charge in [0.05, 0.1) is 6.61 Å². The molecule has 1 aromatic carbocycles. The van der Waals surface area contributed by atoms with Crippen molar-refractivity contribution in [1.82, 2.24) is 10.6 Å². The third-order valence-corrected chi connectivity index (χ3v) is 4.11. The van der Waals surface area contributed by atoms with Crippen LogP contribution in [0.4, 0.5) is 0 Å². The summed E-state index contributed by atoms with van der Waals surface area (Å²) < 4.78 is 11.4. The van der Waals surface area contributed by atoms with E-state index < -0.39 is 0 Å². The number of rotatable bonds is 9. The topological polar surface area (TPSA) is 54.9 Å². The Kier molecular flexibility index (Phi) is 11.7. The summed E-state index contributed by atoms with van der Waals surface area (Å²) in [6, 6.07) is 8.30. The van der Waals surface area contributed by atoms with Gasteiger partial charge in [-0.15, -0.1) is 24.0 Å². The van der Waals surface area contributed by atoms with Gasteiger partial charge in [-0.2, -0.15) is 0 Å². The van der Waals surface area contributed by atoms with Crippen LogP contribution in [0.1, 0.15) is 45.1 Å². The average Bonchev–Trinajstić information content (AvgIpc) is 2.62.